The van der Waals surface area contributed by atoms with Gasteiger partial charge in [0.15, 0.2) is 5.75 Å². The van der Waals surface area contributed by atoms with E-state index < -0.39 is 0 Å². The third kappa shape index (κ3) is 10.4. The fourth-order valence-electron chi connectivity index (χ4n) is 2.56. The lowest BCUT2D eigenvalue weighted by Gasteiger charge is -2.04. The number of aromatic hydroxyl groups is 1. The molecular weight excluding hydrogens is 324 g/mol. The van der Waals surface area contributed by atoms with Crippen LogP contribution >= 0.6 is 0 Å². The maximum Gasteiger partial charge on any atom is 0.178 e. The van der Waals surface area contributed by atoms with E-state index in [9.17, 15) is 5.11 Å². The number of rotatable bonds is 11. The summed E-state index contributed by atoms with van der Waals surface area (Å²) in [4.78, 5) is 9.22. The van der Waals surface area contributed by atoms with Crippen molar-refractivity contribution in [3.05, 3.63) is 73.0 Å². The van der Waals surface area contributed by atoms with Crippen molar-refractivity contribution in [2.45, 2.75) is 58.3 Å². The second-order valence-corrected chi connectivity index (χ2v) is 6.16. The Balaban J connectivity index is 0.000000289. The molecule has 0 heterocycles. The first-order valence-corrected chi connectivity index (χ1v) is 9.54. The monoisotopic (exact) mass is 356 g/mol. The molecule has 0 saturated carbocycles. The highest BCUT2D eigenvalue weighted by Gasteiger charge is 1.98. The minimum atomic E-state index is 0.452. The average Bonchev–Trinajstić information content (AvgIpc) is 2.68. The topological polar surface area (TPSA) is 38.7 Å². The molecule has 0 radical (unpaired) electrons. The summed E-state index contributed by atoms with van der Waals surface area (Å²) in [5.41, 5.74) is 1.09. The summed E-state index contributed by atoms with van der Waals surface area (Å²) in [5, 5.41) is 9.58. The van der Waals surface area contributed by atoms with Gasteiger partial charge in [0.1, 0.15) is 12.0 Å². The van der Waals surface area contributed by atoms with Gasteiger partial charge in [-0.25, -0.2) is 0 Å². The van der Waals surface area contributed by atoms with Crippen LogP contribution in [-0.2, 0) is 11.3 Å². The minimum Gasteiger partial charge on any atom is -0.508 e. The molecule has 3 nitrogen and oxygen atoms in total. The fourth-order valence-corrected chi connectivity index (χ4v) is 2.56. The lowest BCUT2D eigenvalue weighted by atomic mass is 10.0. The minimum absolute atomic E-state index is 0.452. The molecule has 3 heteroatoms. The third-order valence-corrected chi connectivity index (χ3v) is 4.00. The van der Waals surface area contributed by atoms with Gasteiger partial charge in [-0.2, -0.15) is 0 Å². The second kappa shape index (κ2) is 14.9. The largest absolute Gasteiger partial charge is 0.508 e. The highest BCUT2D eigenvalue weighted by Crippen LogP contribution is 2.18. The zero-order valence-corrected chi connectivity index (χ0v) is 15.9. The highest BCUT2D eigenvalue weighted by atomic mass is 17.2. The molecule has 0 aromatic heterocycles. The average molecular weight is 357 g/mol. The van der Waals surface area contributed by atoms with Gasteiger partial charge in [0.05, 0.1) is 0 Å². The molecule has 0 amide bonds. The summed E-state index contributed by atoms with van der Waals surface area (Å²) in [7, 11) is 0. The van der Waals surface area contributed by atoms with Gasteiger partial charge >= 0.3 is 0 Å². The molecule has 0 aliphatic rings. The summed E-state index contributed by atoms with van der Waals surface area (Å²) >= 11 is 0. The second-order valence-electron chi connectivity index (χ2n) is 6.16. The molecule has 0 bridgehead atoms. The van der Waals surface area contributed by atoms with Gasteiger partial charge in [0.25, 0.3) is 0 Å². The van der Waals surface area contributed by atoms with Gasteiger partial charge in [-0.3, -0.25) is 9.78 Å². The molecule has 142 valence electrons. The number of phenolic OH excluding ortho intramolecular Hbond substituents is 1. The number of unbranched alkanes of at least 4 members (excludes halogenated alkanes) is 6. The van der Waals surface area contributed by atoms with Crippen molar-refractivity contribution in [1.29, 1.82) is 0 Å². The Morgan fingerprint density at radius 3 is 2.12 bits per heavy atom. The van der Waals surface area contributed by atoms with Gasteiger partial charge in [-0.15, -0.1) is 0 Å². The maximum absolute atomic E-state index is 9.58. The van der Waals surface area contributed by atoms with Crippen molar-refractivity contribution in [1.82, 2.24) is 0 Å². The van der Waals surface area contributed by atoms with Gasteiger partial charge in [-0.05, 0) is 36.6 Å². The maximum atomic E-state index is 9.58. The molecule has 0 saturated heterocycles. The van der Waals surface area contributed by atoms with Crippen LogP contribution < -0.4 is 4.89 Å². The van der Waals surface area contributed by atoms with Crippen LogP contribution in [0.4, 0.5) is 0 Å². The Bertz CT molecular complexity index is 581. The van der Waals surface area contributed by atoms with Crippen LogP contribution in [0.3, 0.4) is 0 Å². The van der Waals surface area contributed by atoms with E-state index in [2.05, 4.69) is 18.4 Å². The standard InChI is InChI=1S/C15H24O.C8H8O2/c1-2-3-4-5-6-7-8-11-14-12-9-10-13-15(14)16;1-2-9-10-8-6-4-3-5-7-8/h9-10,12-13,16H,2-8,11H2,1H3;2-7H,1H2. The van der Waals surface area contributed by atoms with E-state index in [1.54, 1.807) is 18.2 Å². The van der Waals surface area contributed by atoms with E-state index >= 15 is 0 Å². The summed E-state index contributed by atoms with van der Waals surface area (Å²) in [6.45, 7) is 5.58. The van der Waals surface area contributed by atoms with Crippen molar-refractivity contribution in [2.24, 2.45) is 0 Å². The third-order valence-electron chi connectivity index (χ3n) is 4.00. The lowest BCUT2D eigenvalue weighted by Crippen LogP contribution is -1.87. The van der Waals surface area contributed by atoms with E-state index in [1.165, 1.54) is 51.2 Å². The van der Waals surface area contributed by atoms with E-state index in [-0.39, 0.29) is 0 Å². The first kappa shape index (κ1) is 21.6. The molecule has 0 fully saturated rings. The Morgan fingerprint density at radius 1 is 0.846 bits per heavy atom. The zero-order chi connectivity index (χ0) is 18.9. The molecule has 1 N–H and O–H groups in total. The number of hydrogen-bond donors (Lipinski definition) is 1. The van der Waals surface area contributed by atoms with E-state index in [0.717, 1.165) is 12.0 Å². The van der Waals surface area contributed by atoms with Crippen LogP contribution in [0.25, 0.3) is 0 Å². The first-order chi connectivity index (χ1) is 12.8. The molecule has 2 aromatic rings. The van der Waals surface area contributed by atoms with Crippen LogP contribution in [-0.4, -0.2) is 5.11 Å². The fraction of sp³-hybridized carbons (Fsp3) is 0.391. The number of hydrogen-bond acceptors (Lipinski definition) is 3. The quantitative estimate of drug-likeness (QED) is 0.208. The molecule has 2 aromatic carbocycles. The van der Waals surface area contributed by atoms with Crippen LogP contribution in [0.2, 0.25) is 0 Å². The number of phenols is 1. The smallest absolute Gasteiger partial charge is 0.178 e. The van der Waals surface area contributed by atoms with E-state index in [1.807, 2.05) is 36.4 Å². The van der Waals surface area contributed by atoms with Crippen LogP contribution in [0, 0.1) is 0 Å². The molecule has 0 atom stereocenters. The van der Waals surface area contributed by atoms with Gasteiger partial charge in [0.2, 0.25) is 0 Å². The zero-order valence-electron chi connectivity index (χ0n) is 15.9. The lowest BCUT2D eigenvalue weighted by molar-refractivity contribution is -0.148. The predicted molar refractivity (Wildman–Crippen MR) is 108 cm³/mol. The summed E-state index contributed by atoms with van der Waals surface area (Å²) in [6, 6.07) is 16.9. The molecule has 0 spiro atoms. The van der Waals surface area contributed by atoms with Gasteiger partial charge in [-0.1, -0.05) is 88.4 Å². The number of aryl methyl sites for hydroxylation is 1. The molecule has 0 unspecified atom stereocenters. The van der Waals surface area contributed by atoms with E-state index in [0.29, 0.717) is 11.5 Å². The number of para-hydroxylation sites is 2. The molecule has 0 aliphatic heterocycles. The van der Waals surface area contributed by atoms with Crippen LogP contribution in [0.1, 0.15) is 57.4 Å². The van der Waals surface area contributed by atoms with Crippen molar-refractivity contribution >= 4 is 0 Å². The highest BCUT2D eigenvalue weighted by molar-refractivity contribution is 5.31. The normalized spacial score (nSPS) is 9.73. The summed E-state index contributed by atoms with van der Waals surface area (Å²) < 4.78 is 0. The number of benzene rings is 2. The van der Waals surface area contributed by atoms with Gasteiger partial charge < -0.3 is 5.11 Å². The van der Waals surface area contributed by atoms with Crippen molar-refractivity contribution in [3.8, 4) is 11.5 Å². The molecular formula is C23H32O3. The molecule has 2 rings (SSSR count). The summed E-state index contributed by atoms with van der Waals surface area (Å²) in [5.74, 6) is 1.12. The Morgan fingerprint density at radius 2 is 1.46 bits per heavy atom. The van der Waals surface area contributed by atoms with Crippen molar-refractivity contribution in [2.75, 3.05) is 0 Å². The molecule has 0 aliphatic carbocycles. The Labute approximate surface area is 158 Å². The van der Waals surface area contributed by atoms with E-state index in [4.69, 9.17) is 4.89 Å². The Hall–Kier alpha value is -2.42. The Kier molecular flexibility index (Phi) is 12.4. The summed E-state index contributed by atoms with van der Waals surface area (Å²) in [6.07, 6.45) is 11.5. The predicted octanol–water partition coefficient (Wildman–Crippen LogP) is 6.83. The van der Waals surface area contributed by atoms with Crippen LogP contribution in [0.15, 0.2) is 67.4 Å². The first-order valence-electron chi connectivity index (χ1n) is 9.54. The van der Waals surface area contributed by atoms with Gasteiger partial charge in [0, 0.05) is 0 Å². The van der Waals surface area contributed by atoms with Crippen molar-refractivity contribution < 1.29 is 14.9 Å². The molecule has 26 heavy (non-hydrogen) atoms. The SMILES string of the molecule is C=COOc1ccccc1.CCCCCCCCCc1ccccc1O. The van der Waals surface area contributed by atoms with Crippen molar-refractivity contribution in [3.63, 3.8) is 0 Å². The van der Waals surface area contributed by atoms with Crippen LogP contribution in [0.5, 0.6) is 11.5 Å².